The summed E-state index contributed by atoms with van der Waals surface area (Å²) < 4.78 is 4.54. The lowest BCUT2D eigenvalue weighted by Crippen LogP contribution is -2.43. The zero-order valence-electron chi connectivity index (χ0n) is 12.2. The van der Waals surface area contributed by atoms with Gasteiger partial charge >= 0.3 is 18.0 Å². The number of esters is 1. The molecule has 0 aromatic carbocycles. The van der Waals surface area contributed by atoms with Crippen LogP contribution in [-0.2, 0) is 14.3 Å². The first-order valence-electron chi connectivity index (χ1n) is 6.82. The van der Waals surface area contributed by atoms with Gasteiger partial charge in [0.2, 0.25) is 0 Å². The number of rotatable bonds is 10. The van der Waals surface area contributed by atoms with E-state index in [1.165, 1.54) is 12.0 Å². The molecule has 0 aliphatic heterocycles. The van der Waals surface area contributed by atoms with Crippen LogP contribution in [0.15, 0.2) is 0 Å². The van der Waals surface area contributed by atoms with Crippen molar-refractivity contribution in [2.75, 3.05) is 26.7 Å². The van der Waals surface area contributed by atoms with Crippen LogP contribution in [-0.4, -0.2) is 54.7 Å². The number of nitrogens with zero attached hydrogens (tertiary/aromatic N) is 1. The SMILES string of the molecule is CCCN(CC(=O)OC)C(=O)NCCCCCC(=O)O. The standard InChI is InChI=1S/C13H24N2O5/c1-3-9-15(10-12(18)20-2)13(19)14-8-6-4-5-7-11(16)17/h3-10H2,1-2H3,(H,14,19)(H,16,17). The molecule has 2 amide bonds. The first kappa shape index (κ1) is 18.2. The van der Waals surface area contributed by atoms with Gasteiger partial charge in [-0.2, -0.15) is 0 Å². The highest BCUT2D eigenvalue weighted by molar-refractivity contribution is 5.80. The molecule has 0 spiro atoms. The van der Waals surface area contributed by atoms with E-state index in [2.05, 4.69) is 10.1 Å². The number of carbonyl (C=O) groups excluding carboxylic acids is 2. The van der Waals surface area contributed by atoms with Crippen molar-refractivity contribution in [3.63, 3.8) is 0 Å². The van der Waals surface area contributed by atoms with Crippen LogP contribution < -0.4 is 5.32 Å². The molecule has 7 heteroatoms. The third-order valence-electron chi connectivity index (χ3n) is 2.67. The summed E-state index contributed by atoms with van der Waals surface area (Å²) in [5.74, 6) is -1.25. The van der Waals surface area contributed by atoms with Crippen molar-refractivity contribution >= 4 is 18.0 Å². The number of aliphatic carboxylic acids is 1. The Kier molecular flexibility index (Phi) is 10.1. The molecule has 0 aliphatic rings. The fourth-order valence-electron chi connectivity index (χ4n) is 1.63. The highest BCUT2D eigenvalue weighted by Gasteiger charge is 2.15. The Morgan fingerprint density at radius 2 is 1.90 bits per heavy atom. The Balaban J connectivity index is 3.89. The second kappa shape index (κ2) is 11.1. The van der Waals surface area contributed by atoms with Gasteiger partial charge in [0.05, 0.1) is 7.11 Å². The number of carboxylic acid groups (broad SMARTS) is 1. The van der Waals surface area contributed by atoms with Gasteiger partial charge in [-0.3, -0.25) is 9.59 Å². The molecular formula is C13H24N2O5. The van der Waals surface area contributed by atoms with Crippen molar-refractivity contribution in [1.82, 2.24) is 10.2 Å². The molecule has 2 N–H and O–H groups in total. The Hall–Kier alpha value is -1.79. The monoisotopic (exact) mass is 288 g/mol. The molecular weight excluding hydrogens is 264 g/mol. The first-order chi connectivity index (χ1) is 9.51. The van der Waals surface area contributed by atoms with Gasteiger partial charge in [-0.25, -0.2) is 4.79 Å². The van der Waals surface area contributed by atoms with E-state index < -0.39 is 11.9 Å². The zero-order valence-corrected chi connectivity index (χ0v) is 12.2. The van der Waals surface area contributed by atoms with Gasteiger partial charge in [-0.05, 0) is 19.3 Å². The van der Waals surface area contributed by atoms with Crippen LogP contribution in [0.4, 0.5) is 4.79 Å². The normalized spacial score (nSPS) is 9.90. The average Bonchev–Trinajstić information content (AvgIpc) is 2.41. The lowest BCUT2D eigenvalue weighted by Gasteiger charge is -2.21. The predicted octanol–water partition coefficient (Wildman–Crippen LogP) is 1.23. The highest BCUT2D eigenvalue weighted by atomic mass is 16.5. The van der Waals surface area contributed by atoms with Crippen molar-refractivity contribution in [2.45, 2.75) is 39.0 Å². The number of amides is 2. The van der Waals surface area contributed by atoms with Crippen LogP contribution in [0, 0.1) is 0 Å². The summed E-state index contributed by atoms with van der Waals surface area (Å²) in [4.78, 5) is 34.7. The Bertz CT molecular complexity index is 320. The molecule has 0 atom stereocenters. The third kappa shape index (κ3) is 9.18. The summed E-state index contributed by atoms with van der Waals surface area (Å²) in [5.41, 5.74) is 0. The van der Waals surface area contributed by atoms with Crippen molar-refractivity contribution in [1.29, 1.82) is 0 Å². The van der Waals surface area contributed by atoms with Crippen LogP contribution in [0.1, 0.15) is 39.0 Å². The summed E-state index contributed by atoms with van der Waals surface area (Å²) >= 11 is 0. The number of methoxy groups -OCH3 is 1. The van der Waals surface area contributed by atoms with E-state index >= 15 is 0 Å². The number of ether oxygens (including phenoxy) is 1. The van der Waals surface area contributed by atoms with Gasteiger partial charge in [-0.15, -0.1) is 0 Å². The van der Waals surface area contributed by atoms with Crippen molar-refractivity contribution in [2.24, 2.45) is 0 Å². The maximum Gasteiger partial charge on any atom is 0.325 e. The molecule has 0 aliphatic carbocycles. The molecule has 0 aromatic heterocycles. The molecule has 0 rings (SSSR count). The van der Waals surface area contributed by atoms with E-state index in [-0.39, 0.29) is 19.0 Å². The van der Waals surface area contributed by atoms with E-state index in [4.69, 9.17) is 5.11 Å². The Morgan fingerprint density at radius 1 is 1.20 bits per heavy atom. The molecule has 0 heterocycles. The first-order valence-corrected chi connectivity index (χ1v) is 6.82. The van der Waals surface area contributed by atoms with Crippen LogP contribution in [0.25, 0.3) is 0 Å². The Labute approximate surface area is 119 Å². The molecule has 116 valence electrons. The minimum Gasteiger partial charge on any atom is -0.481 e. The topological polar surface area (TPSA) is 95.9 Å². The maximum atomic E-state index is 11.8. The number of nitrogens with one attached hydrogen (secondary N) is 1. The smallest absolute Gasteiger partial charge is 0.325 e. The van der Waals surface area contributed by atoms with E-state index in [0.717, 1.165) is 19.3 Å². The van der Waals surface area contributed by atoms with Gasteiger partial charge in [-0.1, -0.05) is 13.3 Å². The molecule has 0 bridgehead atoms. The number of hydrogen-bond acceptors (Lipinski definition) is 4. The summed E-state index contributed by atoms with van der Waals surface area (Å²) in [5, 5.41) is 11.2. The lowest BCUT2D eigenvalue weighted by molar-refractivity contribution is -0.141. The summed E-state index contributed by atoms with van der Waals surface area (Å²) in [6, 6.07) is -0.296. The number of unbranched alkanes of at least 4 members (excludes halogenated alkanes) is 2. The van der Waals surface area contributed by atoms with Crippen molar-refractivity contribution in [3.8, 4) is 0 Å². The van der Waals surface area contributed by atoms with Crippen LogP contribution in [0.2, 0.25) is 0 Å². The van der Waals surface area contributed by atoms with Gasteiger partial charge in [0.15, 0.2) is 0 Å². The molecule has 0 unspecified atom stereocenters. The van der Waals surface area contributed by atoms with Crippen molar-refractivity contribution in [3.05, 3.63) is 0 Å². The van der Waals surface area contributed by atoms with E-state index in [1.807, 2.05) is 6.92 Å². The minimum atomic E-state index is -0.804. The molecule has 7 nitrogen and oxygen atoms in total. The summed E-state index contributed by atoms with van der Waals surface area (Å²) in [6.45, 7) is 2.82. The van der Waals surface area contributed by atoms with Gasteiger partial charge in [0.25, 0.3) is 0 Å². The zero-order chi connectivity index (χ0) is 15.4. The molecule has 20 heavy (non-hydrogen) atoms. The summed E-state index contributed by atoms with van der Waals surface area (Å²) in [7, 11) is 1.28. The average molecular weight is 288 g/mol. The number of carbonyl (C=O) groups is 3. The van der Waals surface area contributed by atoms with Gasteiger partial charge in [0, 0.05) is 19.5 Å². The molecule has 0 fully saturated rings. The Morgan fingerprint density at radius 3 is 2.45 bits per heavy atom. The fraction of sp³-hybridized carbons (Fsp3) is 0.769. The fourth-order valence-corrected chi connectivity index (χ4v) is 1.63. The number of urea groups is 1. The number of hydrogen-bond donors (Lipinski definition) is 2. The molecule has 0 saturated carbocycles. The largest absolute Gasteiger partial charge is 0.481 e. The van der Waals surface area contributed by atoms with E-state index in [0.29, 0.717) is 19.5 Å². The van der Waals surface area contributed by atoms with Crippen LogP contribution in [0.5, 0.6) is 0 Å². The van der Waals surface area contributed by atoms with Crippen LogP contribution >= 0.6 is 0 Å². The quantitative estimate of drug-likeness (QED) is 0.465. The minimum absolute atomic E-state index is 0.0603. The maximum absolute atomic E-state index is 11.8. The molecule has 0 aromatic rings. The van der Waals surface area contributed by atoms with Crippen molar-refractivity contribution < 1.29 is 24.2 Å². The number of carboxylic acids is 1. The predicted molar refractivity (Wildman–Crippen MR) is 73.4 cm³/mol. The van der Waals surface area contributed by atoms with E-state index in [1.54, 1.807) is 0 Å². The van der Waals surface area contributed by atoms with Crippen LogP contribution in [0.3, 0.4) is 0 Å². The molecule has 0 saturated heterocycles. The van der Waals surface area contributed by atoms with E-state index in [9.17, 15) is 14.4 Å². The summed E-state index contributed by atoms with van der Waals surface area (Å²) in [6.07, 6.45) is 2.97. The lowest BCUT2D eigenvalue weighted by atomic mass is 10.2. The second-order valence-electron chi connectivity index (χ2n) is 4.43. The highest BCUT2D eigenvalue weighted by Crippen LogP contribution is 1.99. The second-order valence-corrected chi connectivity index (χ2v) is 4.43. The van der Waals surface area contributed by atoms with Gasteiger partial charge < -0.3 is 20.1 Å². The third-order valence-corrected chi connectivity index (χ3v) is 2.67. The molecule has 0 radical (unpaired) electrons. The van der Waals surface area contributed by atoms with Gasteiger partial charge in [0.1, 0.15) is 6.54 Å².